The number of anilines is 1. The molecule has 3 unspecified atom stereocenters. The molecular formula is C26H29N3O3. The lowest BCUT2D eigenvalue weighted by atomic mass is 9.84. The normalized spacial score (nSPS) is 22.8. The van der Waals surface area contributed by atoms with E-state index in [1.54, 1.807) is 0 Å². The Morgan fingerprint density at radius 2 is 1.88 bits per heavy atom. The van der Waals surface area contributed by atoms with Crippen molar-refractivity contribution in [1.82, 2.24) is 9.88 Å². The van der Waals surface area contributed by atoms with Crippen LogP contribution in [-0.2, 0) is 4.79 Å². The summed E-state index contributed by atoms with van der Waals surface area (Å²) in [6.45, 7) is 4.07. The molecule has 1 saturated heterocycles. The van der Waals surface area contributed by atoms with E-state index in [2.05, 4.69) is 10.3 Å². The molecule has 1 N–H and O–H groups in total. The third kappa shape index (κ3) is 3.78. The number of amides is 2. The molecule has 1 saturated carbocycles. The molecule has 32 heavy (non-hydrogen) atoms. The minimum absolute atomic E-state index is 0.0475. The minimum atomic E-state index is -0.463. The van der Waals surface area contributed by atoms with Crippen molar-refractivity contribution >= 4 is 28.6 Å². The predicted molar refractivity (Wildman–Crippen MR) is 123 cm³/mol. The molecule has 2 fully saturated rings. The second-order valence-electron chi connectivity index (χ2n) is 9.32. The van der Waals surface area contributed by atoms with Crippen molar-refractivity contribution in [3.63, 3.8) is 0 Å². The molecule has 0 spiro atoms. The summed E-state index contributed by atoms with van der Waals surface area (Å²) < 4.78 is 5.77. The van der Waals surface area contributed by atoms with Crippen LogP contribution in [0.25, 0.3) is 11.1 Å². The highest BCUT2D eigenvalue weighted by Gasteiger charge is 2.47. The maximum atomic E-state index is 13.4. The van der Waals surface area contributed by atoms with Crippen molar-refractivity contribution in [2.45, 2.75) is 64.0 Å². The van der Waals surface area contributed by atoms with Crippen LogP contribution in [-0.4, -0.2) is 33.8 Å². The molecule has 2 amide bonds. The fraction of sp³-hybridized carbons (Fsp3) is 0.423. The molecule has 0 bridgehead atoms. The monoisotopic (exact) mass is 431 g/mol. The Morgan fingerprint density at radius 1 is 1.09 bits per heavy atom. The van der Waals surface area contributed by atoms with Crippen LogP contribution in [0.4, 0.5) is 5.69 Å². The van der Waals surface area contributed by atoms with E-state index in [1.165, 1.54) is 6.42 Å². The Kier molecular flexibility index (Phi) is 5.45. The second kappa shape index (κ2) is 8.41. The largest absolute Gasteiger partial charge is 0.440 e. The summed E-state index contributed by atoms with van der Waals surface area (Å²) in [5.41, 5.74) is 2.75. The van der Waals surface area contributed by atoms with E-state index in [9.17, 15) is 9.59 Å². The summed E-state index contributed by atoms with van der Waals surface area (Å²) in [5.74, 6) is 1.09. The van der Waals surface area contributed by atoms with Crippen molar-refractivity contribution in [3.8, 4) is 0 Å². The molecule has 1 aliphatic carbocycles. The molecule has 0 radical (unpaired) electrons. The zero-order valence-corrected chi connectivity index (χ0v) is 18.6. The Bertz CT molecular complexity index is 1140. The molecule has 2 aliphatic rings. The van der Waals surface area contributed by atoms with Crippen molar-refractivity contribution in [2.24, 2.45) is 5.92 Å². The number of fused-ring (bicyclic) bond motifs is 2. The number of aromatic nitrogens is 1. The van der Waals surface area contributed by atoms with Crippen molar-refractivity contribution in [2.75, 3.05) is 5.32 Å². The lowest BCUT2D eigenvalue weighted by Crippen LogP contribution is -2.47. The standard InChI is InChI=1S/C26H29N3O3/c1-16(2)25-28-20-15-19(12-13-23(20)32-25)27-24(30)22-14-18-10-6-7-11-21(18)29(22)26(31)17-8-4-3-5-9-17/h3-5,8-9,12-13,15-16,18,21-22H,6-7,10-11,14H2,1-2H3,(H,27,30). The third-order valence-corrected chi connectivity index (χ3v) is 6.81. The van der Waals surface area contributed by atoms with Gasteiger partial charge in [-0.15, -0.1) is 0 Å². The van der Waals surface area contributed by atoms with Gasteiger partial charge >= 0.3 is 0 Å². The van der Waals surface area contributed by atoms with E-state index in [0.29, 0.717) is 28.6 Å². The van der Waals surface area contributed by atoms with Gasteiger partial charge in [0.15, 0.2) is 11.5 Å². The van der Waals surface area contributed by atoms with Gasteiger partial charge in [-0.1, -0.05) is 44.9 Å². The highest BCUT2D eigenvalue weighted by atomic mass is 16.3. The molecular weight excluding hydrogens is 402 g/mol. The molecule has 3 aromatic rings. The lowest BCUT2D eigenvalue weighted by molar-refractivity contribution is -0.120. The Morgan fingerprint density at radius 3 is 2.66 bits per heavy atom. The SMILES string of the molecule is CC(C)c1nc2cc(NC(=O)C3CC4CCCCC4N3C(=O)c3ccccc3)ccc2o1. The van der Waals surface area contributed by atoms with Crippen LogP contribution in [0.5, 0.6) is 0 Å². The first-order valence-electron chi connectivity index (χ1n) is 11.6. The zero-order valence-electron chi connectivity index (χ0n) is 18.6. The van der Waals surface area contributed by atoms with Crippen molar-refractivity contribution in [3.05, 3.63) is 60.0 Å². The van der Waals surface area contributed by atoms with Crippen LogP contribution in [0.3, 0.4) is 0 Å². The number of nitrogens with one attached hydrogen (secondary N) is 1. The third-order valence-electron chi connectivity index (χ3n) is 6.81. The highest BCUT2D eigenvalue weighted by Crippen LogP contribution is 2.41. The van der Waals surface area contributed by atoms with Crippen LogP contribution >= 0.6 is 0 Å². The van der Waals surface area contributed by atoms with E-state index >= 15 is 0 Å². The number of hydrogen-bond donors (Lipinski definition) is 1. The number of carbonyl (C=O) groups excluding carboxylic acids is 2. The molecule has 1 aliphatic heterocycles. The summed E-state index contributed by atoms with van der Waals surface area (Å²) in [6, 6.07) is 14.5. The fourth-order valence-electron chi connectivity index (χ4n) is 5.21. The first kappa shape index (κ1) is 20.7. The topological polar surface area (TPSA) is 75.4 Å². The average molecular weight is 432 g/mol. The van der Waals surface area contributed by atoms with E-state index in [4.69, 9.17) is 4.42 Å². The minimum Gasteiger partial charge on any atom is -0.440 e. The van der Waals surface area contributed by atoms with Gasteiger partial charge in [0, 0.05) is 23.2 Å². The summed E-state index contributed by atoms with van der Waals surface area (Å²) in [6.07, 6.45) is 5.05. The van der Waals surface area contributed by atoms with Gasteiger partial charge in [0.05, 0.1) is 0 Å². The van der Waals surface area contributed by atoms with Crippen LogP contribution < -0.4 is 5.32 Å². The molecule has 3 atom stereocenters. The van der Waals surface area contributed by atoms with Crippen LogP contribution in [0, 0.1) is 5.92 Å². The van der Waals surface area contributed by atoms with Crippen LogP contribution in [0.2, 0.25) is 0 Å². The summed E-state index contributed by atoms with van der Waals surface area (Å²) in [5, 5.41) is 3.05. The average Bonchev–Trinajstić information content (AvgIpc) is 3.41. The van der Waals surface area contributed by atoms with Gasteiger partial charge in [-0.2, -0.15) is 0 Å². The van der Waals surface area contributed by atoms with Gasteiger partial charge in [-0.25, -0.2) is 4.98 Å². The highest BCUT2D eigenvalue weighted by molar-refractivity contribution is 6.02. The molecule has 1 aromatic heterocycles. The smallest absolute Gasteiger partial charge is 0.254 e. The molecule has 2 aromatic carbocycles. The van der Waals surface area contributed by atoms with E-state index in [1.807, 2.05) is 67.3 Å². The first-order chi connectivity index (χ1) is 15.5. The molecule has 5 rings (SSSR count). The van der Waals surface area contributed by atoms with Crippen molar-refractivity contribution < 1.29 is 14.0 Å². The van der Waals surface area contributed by atoms with E-state index in [-0.39, 0.29) is 23.8 Å². The number of likely N-dealkylation sites (tertiary alicyclic amines) is 1. The maximum Gasteiger partial charge on any atom is 0.254 e. The zero-order chi connectivity index (χ0) is 22.2. The number of hydrogen-bond acceptors (Lipinski definition) is 4. The number of benzene rings is 2. The van der Waals surface area contributed by atoms with E-state index < -0.39 is 6.04 Å². The number of oxazole rings is 1. The molecule has 2 heterocycles. The van der Waals surface area contributed by atoms with Crippen molar-refractivity contribution in [1.29, 1.82) is 0 Å². The van der Waals surface area contributed by atoms with Gasteiger partial charge in [0.25, 0.3) is 5.91 Å². The summed E-state index contributed by atoms with van der Waals surface area (Å²) in [7, 11) is 0. The summed E-state index contributed by atoms with van der Waals surface area (Å²) in [4.78, 5) is 33.2. The van der Waals surface area contributed by atoms with Crippen LogP contribution in [0.15, 0.2) is 52.9 Å². The van der Waals surface area contributed by atoms with E-state index in [0.717, 1.165) is 31.2 Å². The van der Waals surface area contributed by atoms with Gasteiger partial charge in [-0.05, 0) is 55.5 Å². The Balaban J connectivity index is 1.40. The molecule has 6 heteroatoms. The number of nitrogens with zero attached hydrogens (tertiary/aromatic N) is 2. The fourth-order valence-corrected chi connectivity index (χ4v) is 5.21. The van der Waals surface area contributed by atoms with Gasteiger partial charge in [-0.3, -0.25) is 9.59 Å². The number of carbonyl (C=O) groups is 2. The molecule has 166 valence electrons. The first-order valence-corrected chi connectivity index (χ1v) is 11.6. The predicted octanol–water partition coefficient (Wildman–Crippen LogP) is 5.36. The van der Waals surface area contributed by atoms with Gasteiger partial charge < -0.3 is 14.6 Å². The Labute approximate surface area is 188 Å². The quantitative estimate of drug-likeness (QED) is 0.603. The lowest BCUT2D eigenvalue weighted by Gasteiger charge is -2.33. The maximum absolute atomic E-state index is 13.4. The number of rotatable bonds is 4. The Hall–Kier alpha value is -3.15. The van der Waals surface area contributed by atoms with Gasteiger partial charge in [0.1, 0.15) is 11.6 Å². The van der Waals surface area contributed by atoms with Gasteiger partial charge in [0.2, 0.25) is 5.91 Å². The van der Waals surface area contributed by atoms with Crippen LogP contribution in [0.1, 0.15) is 68.1 Å². The summed E-state index contributed by atoms with van der Waals surface area (Å²) >= 11 is 0. The second-order valence-corrected chi connectivity index (χ2v) is 9.32. The molecule has 6 nitrogen and oxygen atoms in total.